The maximum absolute atomic E-state index is 13.5. The molecule has 2 atom stereocenters. The highest BCUT2D eigenvalue weighted by molar-refractivity contribution is 6.30. The third kappa shape index (κ3) is 2.75. The van der Waals surface area contributed by atoms with E-state index in [1.165, 1.54) is 6.21 Å². The second-order valence-corrected chi connectivity index (χ2v) is 7.67. The molecule has 146 valence electrons. The van der Waals surface area contributed by atoms with Crippen LogP contribution in [0.5, 0.6) is 11.5 Å². The van der Waals surface area contributed by atoms with Crippen molar-refractivity contribution < 1.29 is 19.1 Å². The van der Waals surface area contributed by atoms with Gasteiger partial charge in [-0.2, -0.15) is 0 Å². The standard InChI is InChI=1S/C22H17ClN2O4/c23-13-2-4-14(5-3-13)25-21(27)22(10-1-11-24-20(22)26)17-8-6-16-15(17)7-9-18-19(16)29-12-28-18/h1-5,7,9-11,17H,6,8,12H2,(H,25,27). The van der Waals surface area contributed by atoms with Crippen LogP contribution < -0.4 is 14.8 Å². The van der Waals surface area contributed by atoms with Crippen molar-refractivity contribution in [2.24, 2.45) is 10.4 Å². The van der Waals surface area contributed by atoms with Gasteiger partial charge in [-0.15, -0.1) is 0 Å². The quantitative estimate of drug-likeness (QED) is 0.781. The average Bonchev–Trinajstić information content (AvgIpc) is 3.36. The van der Waals surface area contributed by atoms with Crippen LogP contribution in [0.1, 0.15) is 23.5 Å². The Kier molecular flexibility index (Phi) is 4.17. The minimum atomic E-state index is -1.42. The molecule has 5 rings (SSSR count). The van der Waals surface area contributed by atoms with Gasteiger partial charge >= 0.3 is 0 Å². The lowest BCUT2D eigenvalue weighted by atomic mass is 9.70. The molecule has 0 bridgehead atoms. The summed E-state index contributed by atoms with van der Waals surface area (Å²) in [6.45, 7) is 0.182. The number of rotatable bonds is 3. The number of carbonyl (C=O) groups excluding carboxylic acids is 2. The summed E-state index contributed by atoms with van der Waals surface area (Å²) >= 11 is 5.93. The van der Waals surface area contributed by atoms with E-state index in [1.807, 2.05) is 12.1 Å². The van der Waals surface area contributed by atoms with Crippen LogP contribution in [0.2, 0.25) is 5.02 Å². The number of amides is 2. The molecule has 1 aliphatic carbocycles. The zero-order valence-electron chi connectivity index (χ0n) is 15.4. The Balaban J connectivity index is 1.56. The number of allylic oxidation sites excluding steroid dienone is 1. The molecule has 3 aliphatic rings. The minimum absolute atomic E-state index is 0.182. The molecule has 6 nitrogen and oxygen atoms in total. The third-order valence-corrected chi connectivity index (χ3v) is 6.01. The number of hydrogen-bond donors (Lipinski definition) is 1. The lowest BCUT2D eigenvalue weighted by Gasteiger charge is -2.33. The van der Waals surface area contributed by atoms with Crippen LogP contribution >= 0.6 is 11.6 Å². The fourth-order valence-corrected chi connectivity index (χ4v) is 4.52. The van der Waals surface area contributed by atoms with Gasteiger partial charge in [0.15, 0.2) is 16.9 Å². The molecule has 7 heteroatoms. The molecule has 2 amide bonds. The molecule has 0 saturated carbocycles. The summed E-state index contributed by atoms with van der Waals surface area (Å²) in [6.07, 6.45) is 6.08. The lowest BCUT2D eigenvalue weighted by molar-refractivity contribution is -0.136. The Labute approximate surface area is 172 Å². The highest BCUT2D eigenvalue weighted by Gasteiger charge is 2.54. The monoisotopic (exact) mass is 408 g/mol. The van der Waals surface area contributed by atoms with E-state index in [2.05, 4.69) is 10.3 Å². The smallest absolute Gasteiger partial charge is 0.265 e. The summed E-state index contributed by atoms with van der Waals surface area (Å²) in [5.41, 5.74) is 1.07. The van der Waals surface area contributed by atoms with Gasteiger partial charge in [0.2, 0.25) is 12.7 Å². The van der Waals surface area contributed by atoms with Crippen molar-refractivity contribution >= 4 is 35.3 Å². The Morgan fingerprint density at radius 2 is 2.00 bits per heavy atom. The van der Waals surface area contributed by atoms with Gasteiger partial charge < -0.3 is 14.8 Å². The number of fused-ring (bicyclic) bond motifs is 3. The first kappa shape index (κ1) is 17.9. The van der Waals surface area contributed by atoms with Crippen molar-refractivity contribution in [1.82, 2.24) is 0 Å². The minimum Gasteiger partial charge on any atom is -0.454 e. The number of anilines is 1. The molecule has 0 fully saturated rings. The molecule has 0 radical (unpaired) electrons. The molecule has 0 aromatic heterocycles. The number of halogens is 1. The third-order valence-electron chi connectivity index (χ3n) is 5.76. The second-order valence-electron chi connectivity index (χ2n) is 7.23. The number of nitrogens with zero attached hydrogens (tertiary/aromatic N) is 1. The van der Waals surface area contributed by atoms with Crippen molar-refractivity contribution in [2.45, 2.75) is 18.8 Å². The Bertz CT molecular complexity index is 1080. The van der Waals surface area contributed by atoms with Crippen LogP contribution in [0.15, 0.2) is 53.5 Å². The van der Waals surface area contributed by atoms with Crippen molar-refractivity contribution in [2.75, 3.05) is 12.1 Å². The molecular weight excluding hydrogens is 392 g/mol. The Hall–Kier alpha value is -3.12. The number of ether oxygens (including phenoxy) is 2. The van der Waals surface area contributed by atoms with Gasteiger partial charge in [0, 0.05) is 28.4 Å². The molecule has 1 N–H and O–H groups in total. The first-order chi connectivity index (χ1) is 14.1. The first-order valence-corrected chi connectivity index (χ1v) is 9.72. The normalized spacial score (nSPS) is 23.9. The maximum atomic E-state index is 13.5. The number of aliphatic imine (C=N–C) groups is 1. The summed E-state index contributed by atoms with van der Waals surface area (Å²) in [5, 5.41) is 3.44. The molecule has 29 heavy (non-hydrogen) atoms. The van der Waals surface area contributed by atoms with Crippen molar-refractivity contribution in [3.63, 3.8) is 0 Å². The van der Waals surface area contributed by atoms with Crippen LogP contribution in [-0.4, -0.2) is 24.8 Å². The summed E-state index contributed by atoms with van der Waals surface area (Å²) in [5.74, 6) is 0.192. The van der Waals surface area contributed by atoms with Gasteiger partial charge in [-0.25, -0.2) is 4.99 Å². The highest BCUT2D eigenvalue weighted by atomic mass is 35.5. The van der Waals surface area contributed by atoms with E-state index in [4.69, 9.17) is 21.1 Å². The van der Waals surface area contributed by atoms with E-state index >= 15 is 0 Å². The zero-order chi connectivity index (χ0) is 20.0. The summed E-state index contributed by atoms with van der Waals surface area (Å²) in [4.78, 5) is 30.5. The first-order valence-electron chi connectivity index (χ1n) is 9.34. The molecular formula is C22H17ClN2O4. The Morgan fingerprint density at radius 3 is 2.79 bits per heavy atom. The fraction of sp³-hybridized carbons (Fsp3) is 0.227. The van der Waals surface area contributed by atoms with Crippen molar-refractivity contribution in [1.29, 1.82) is 0 Å². The van der Waals surface area contributed by atoms with Gasteiger partial charge in [-0.3, -0.25) is 9.59 Å². The van der Waals surface area contributed by atoms with Crippen LogP contribution in [0, 0.1) is 5.41 Å². The molecule has 2 aromatic carbocycles. The molecule has 2 aliphatic heterocycles. The number of hydrogen-bond acceptors (Lipinski definition) is 4. The number of nitrogens with one attached hydrogen (secondary N) is 1. The van der Waals surface area contributed by atoms with Gasteiger partial charge in [-0.1, -0.05) is 23.7 Å². The van der Waals surface area contributed by atoms with Gasteiger partial charge in [0.25, 0.3) is 5.91 Å². The number of carbonyl (C=O) groups is 2. The molecule has 2 unspecified atom stereocenters. The van der Waals surface area contributed by atoms with Crippen molar-refractivity contribution in [3.8, 4) is 11.5 Å². The average molecular weight is 409 g/mol. The van der Waals surface area contributed by atoms with E-state index in [1.54, 1.807) is 36.4 Å². The van der Waals surface area contributed by atoms with Crippen LogP contribution in [0.25, 0.3) is 0 Å². The van der Waals surface area contributed by atoms with Crippen LogP contribution in [0.4, 0.5) is 5.69 Å². The fourth-order valence-electron chi connectivity index (χ4n) is 4.39. The maximum Gasteiger partial charge on any atom is 0.265 e. The van der Waals surface area contributed by atoms with E-state index in [0.717, 1.165) is 11.1 Å². The Morgan fingerprint density at radius 1 is 1.17 bits per heavy atom. The zero-order valence-corrected chi connectivity index (χ0v) is 16.1. The van der Waals surface area contributed by atoms with Gasteiger partial charge in [-0.05, 0) is 54.8 Å². The number of benzene rings is 2. The van der Waals surface area contributed by atoms with Crippen LogP contribution in [-0.2, 0) is 16.0 Å². The summed E-state index contributed by atoms with van der Waals surface area (Å²) in [6, 6.07) is 10.5. The van der Waals surface area contributed by atoms with E-state index in [9.17, 15) is 9.59 Å². The largest absolute Gasteiger partial charge is 0.454 e. The van der Waals surface area contributed by atoms with Crippen molar-refractivity contribution in [3.05, 3.63) is 64.7 Å². The van der Waals surface area contributed by atoms with E-state index < -0.39 is 17.2 Å². The summed E-state index contributed by atoms with van der Waals surface area (Å²) < 4.78 is 11.1. The van der Waals surface area contributed by atoms with Crippen LogP contribution in [0.3, 0.4) is 0 Å². The molecule has 0 saturated heterocycles. The van der Waals surface area contributed by atoms with E-state index in [-0.39, 0.29) is 12.7 Å². The highest BCUT2D eigenvalue weighted by Crippen LogP contribution is 2.53. The number of dihydropyridines is 1. The predicted octanol–water partition coefficient (Wildman–Crippen LogP) is 3.89. The van der Waals surface area contributed by atoms with Gasteiger partial charge in [0.05, 0.1) is 0 Å². The topological polar surface area (TPSA) is 77.0 Å². The SMILES string of the molecule is O=C1N=CC=CC1(C(=O)Nc1ccc(Cl)cc1)C1CCc2c1ccc1c2OCO1. The molecule has 2 heterocycles. The molecule has 2 aromatic rings. The molecule has 0 spiro atoms. The lowest BCUT2D eigenvalue weighted by Crippen LogP contribution is -2.46. The summed E-state index contributed by atoms with van der Waals surface area (Å²) in [7, 11) is 0. The second kappa shape index (κ2) is 6.74. The van der Waals surface area contributed by atoms with Gasteiger partial charge in [0.1, 0.15) is 0 Å². The predicted molar refractivity (Wildman–Crippen MR) is 109 cm³/mol. The van der Waals surface area contributed by atoms with E-state index in [0.29, 0.717) is 35.1 Å².